The van der Waals surface area contributed by atoms with Crippen LogP contribution in [0.3, 0.4) is 0 Å². The van der Waals surface area contributed by atoms with Gasteiger partial charge in [0.15, 0.2) is 5.78 Å². The summed E-state index contributed by atoms with van der Waals surface area (Å²) < 4.78 is 0. The molecular formula is C32H34N2O. The normalized spacial score (nSPS) is 16.1. The number of carbonyl (C=O) groups is 1. The molecule has 1 heterocycles. The summed E-state index contributed by atoms with van der Waals surface area (Å²) in [7, 11) is 0. The summed E-state index contributed by atoms with van der Waals surface area (Å²) in [6.07, 6.45) is 9.43. The standard InChI is InChI=1S/C32H34N2O/c1-20-6-10-29(24(5)22(3)14-20)32(35)13-9-25-15-21(2)7-12-30-27(17-25)18-31(34-30)28-11-8-26(19-33)16-23(28)4/h8,11,15-18,34H,6-7,9-10,12-13H2,1-5H3. The zero-order valence-corrected chi connectivity index (χ0v) is 21.6. The van der Waals surface area contributed by atoms with E-state index in [9.17, 15) is 10.1 Å². The van der Waals surface area contributed by atoms with Crippen LogP contribution in [0.15, 0.2) is 69.5 Å². The number of rotatable bonds is 5. The predicted octanol–water partition coefficient (Wildman–Crippen LogP) is 8.09. The van der Waals surface area contributed by atoms with E-state index < -0.39 is 0 Å². The summed E-state index contributed by atoms with van der Waals surface area (Å²) in [5.74, 6) is 0.260. The van der Waals surface area contributed by atoms with E-state index in [1.54, 1.807) is 0 Å². The van der Waals surface area contributed by atoms with Crippen molar-refractivity contribution in [3.8, 4) is 17.3 Å². The molecule has 0 bridgehead atoms. The zero-order valence-electron chi connectivity index (χ0n) is 21.6. The van der Waals surface area contributed by atoms with E-state index >= 15 is 0 Å². The van der Waals surface area contributed by atoms with Crippen LogP contribution in [0.5, 0.6) is 0 Å². The van der Waals surface area contributed by atoms with Crippen molar-refractivity contribution < 1.29 is 4.79 Å². The molecule has 0 fully saturated rings. The van der Waals surface area contributed by atoms with Crippen LogP contribution in [0.25, 0.3) is 17.3 Å². The fourth-order valence-corrected chi connectivity index (χ4v) is 5.09. The second-order valence-corrected chi connectivity index (χ2v) is 10.0. The zero-order chi connectivity index (χ0) is 25.1. The molecule has 2 aliphatic rings. The molecule has 1 aromatic heterocycles. The van der Waals surface area contributed by atoms with Crippen molar-refractivity contribution >= 4 is 11.9 Å². The molecule has 35 heavy (non-hydrogen) atoms. The van der Waals surface area contributed by atoms with Gasteiger partial charge in [0, 0.05) is 23.4 Å². The van der Waals surface area contributed by atoms with Gasteiger partial charge in [-0.2, -0.15) is 5.26 Å². The third-order valence-electron chi connectivity index (χ3n) is 7.26. The minimum absolute atomic E-state index is 0.260. The summed E-state index contributed by atoms with van der Waals surface area (Å²) in [4.78, 5) is 16.9. The third-order valence-corrected chi connectivity index (χ3v) is 7.26. The van der Waals surface area contributed by atoms with Gasteiger partial charge in [0.05, 0.1) is 11.6 Å². The first-order valence-corrected chi connectivity index (χ1v) is 12.5. The molecule has 0 saturated carbocycles. The summed E-state index contributed by atoms with van der Waals surface area (Å²) in [5.41, 5.74) is 16.7. The molecule has 2 aliphatic carbocycles. The van der Waals surface area contributed by atoms with Crippen LogP contribution >= 0.6 is 0 Å². The van der Waals surface area contributed by atoms with E-state index in [4.69, 9.17) is 0 Å². The minimum atomic E-state index is 0.260. The van der Waals surface area contributed by atoms with Crippen molar-refractivity contribution in [2.75, 3.05) is 0 Å². The predicted molar refractivity (Wildman–Crippen MR) is 144 cm³/mol. The van der Waals surface area contributed by atoms with Crippen LogP contribution in [0, 0.1) is 18.3 Å². The van der Waals surface area contributed by atoms with Gasteiger partial charge in [-0.3, -0.25) is 4.79 Å². The number of Topliss-reactive ketones (excluding diaryl/α,β-unsaturated/α-hetero) is 1. The highest BCUT2D eigenvalue weighted by molar-refractivity contribution is 5.97. The van der Waals surface area contributed by atoms with Crippen LogP contribution in [0.4, 0.5) is 0 Å². The van der Waals surface area contributed by atoms with Crippen LogP contribution in [-0.2, 0) is 11.2 Å². The number of nitriles is 1. The topological polar surface area (TPSA) is 56.6 Å². The molecule has 4 rings (SSSR count). The molecule has 0 atom stereocenters. The lowest BCUT2D eigenvalue weighted by molar-refractivity contribution is -0.115. The molecule has 0 spiro atoms. The molecular weight excluding hydrogens is 428 g/mol. The van der Waals surface area contributed by atoms with Crippen molar-refractivity contribution in [1.82, 2.24) is 4.98 Å². The monoisotopic (exact) mass is 462 g/mol. The minimum Gasteiger partial charge on any atom is -0.358 e. The highest BCUT2D eigenvalue weighted by Gasteiger charge is 2.18. The lowest BCUT2D eigenvalue weighted by atomic mass is 9.92. The molecule has 1 N–H and O–H groups in total. The number of aromatic nitrogens is 1. The number of aryl methyl sites for hydroxylation is 2. The average Bonchev–Trinajstić information content (AvgIpc) is 3.15. The summed E-state index contributed by atoms with van der Waals surface area (Å²) >= 11 is 0. The van der Waals surface area contributed by atoms with Gasteiger partial charge in [0.25, 0.3) is 0 Å². The lowest BCUT2D eigenvalue weighted by Gasteiger charge is -2.12. The van der Waals surface area contributed by atoms with Gasteiger partial charge in [-0.15, -0.1) is 5.73 Å². The summed E-state index contributed by atoms with van der Waals surface area (Å²) in [6.45, 7) is 10.4. The second kappa shape index (κ2) is 10.3. The first kappa shape index (κ1) is 24.5. The smallest absolute Gasteiger partial charge is 0.159 e. The molecule has 0 aliphatic heterocycles. The Morgan fingerprint density at radius 3 is 2.57 bits per heavy atom. The Kier molecular flexibility index (Phi) is 7.25. The van der Waals surface area contributed by atoms with Crippen LogP contribution < -0.4 is 0 Å². The molecule has 2 aromatic rings. The van der Waals surface area contributed by atoms with Gasteiger partial charge < -0.3 is 4.98 Å². The largest absolute Gasteiger partial charge is 0.358 e. The maximum atomic E-state index is 13.2. The van der Waals surface area contributed by atoms with Gasteiger partial charge in [-0.05, 0) is 130 Å². The summed E-state index contributed by atoms with van der Waals surface area (Å²) in [5, 5.41) is 9.19. The maximum Gasteiger partial charge on any atom is 0.159 e. The Bertz CT molecular complexity index is 1390. The SMILES string of the molecule is CC1=C=C(C)C(C)=C(C(=O)CCC2=Cc3cc(-c4ccc(C#N)cc4C)[nH]c3CCC(C)=C2)CC1. The Morgan fingerprint density at radius 1 is 1.03 bits per heavy atom. The Hall–Kier alpha value is -3.60. The maximum absolute atomic E-state index is 13.2. The molecule has 178 valence electrons. The van der Waals surface area contributed by atoms with E-state index in [1.165, 1.54) is 28.0 Å². The number of nitrogens with zero attached hydrogens (tertiary/aromatic N) is 1. The van der Waals surface area contributed by atoms with E-state index in [1.807, 2.05) is 25.1 Å². The molecule has 3 heteroatoms. The van der Waals surface area contributed by atoms with Crippen molar-refractivity contribution in [2.45, 2.75) is 73.1 Å². The number of benzene rings is 1. The van der Waals surface area contributed by atoms with Crippen LogP contribution in [-0.4, -0.2) is 10.8 Å². The van der Waals surface area contributed by atoms with E-state index in [2.05, 4.69) is 62.7 Å². The first-order chi connectivity index (χ1) is 16.7. The van der Waals surface area contributed by atoms with Crippen molar-refractivity contribution in [2.24, 2.45) is 0 Å². The number of nitrogens with one attached hydrogen (secondary N) is 1. The van der Waals surface area contributed by atoms with Crippen LogP contribution in [0.1, 0.15) is 82.2 Å². The summed E-state index contributed by atoms with van der Waals surface area (Å²) in [6, 6.07) is 10.3. The van der Waals surface area contributed by atoms with Crippen molar-refractivity contribution in [3.05, 3.63) is 91.9 Å². The van der Waals surface area contributed by atoms with Crippen molar-refractivity contribution in [1.29, 1.82) is 5.26 Å². The number of carbonyl (C=O) groups excluding carboxylic acids is 1. The molecule has 0 saturated heterocycles. The average molecular weight is 463 g/mol. The van der Waals surface area contributed by atoms with Gasteiger partial charge in [-0.1, -0.05) is 17.7 Å². The van der Waals surface area contributed by atoms with E-state index in [0.717, 1.165) is 65.6 Å². The highest BCUT2D eigenvalue weighted by atomic mass is 16.1. The quantitative estimate of drug-likeness (QED) is 0.456. The molecule has 0 amide bonds. The fourth-order valence-electron chi connectivity index (χ4n) is 5.09. The van der Waals surface area contributed by atoms with Gasteiger partial charge in [-0.25, -0.2) is 0 Å². The number of ketones is 1. The lowest BCUT2D eigenvalue weighted by Crippen LogP contribution is -2.06. The first-order valence-electron chi connectivity index (χ1n) is 12.5. The Labute approximate surface area is 209 Å². The molecule has 0 radical (unpaired) electrons. The van der Waals surface area contributed by atoms with Crippen molar-refractivity contribution in [3.63, 3.8) is 0 Å². The third kappa shape index (κ3) is 5.56. The van der Waals surface area contributed by atoms with Gasteiger partial charge in [0.2, 0.25) is 0 Å². The van der Waals surface area contributed by atoms with Gasteiger partial charge >= 0.3 is 0 Å². The van der Waals surface area contributed by atoms with E-state index in [0.29, 0.717) is 12.0 Å². The Balaban J connectivity index is 1.59. The van der Waals surface area contributed by atoms with Gasteiger partial charge in [0.1, 0.15) is 0 Å². The number of fused-ring (bicyclic) bond motifs is 1. The molecule has 0 unspecified atom stereocenters. The fraction of sp³-hybridized carbons (Fsp3) is 0.344. The molecule has 1 aromatic carbocycles. The Morgan fingerprint density at radius 2 is 1.83 bits per heavy atom. The van der Waals surface area contributed by atoms with E-state index in [-0.39, 0.29) is 5.78 Å². The number of allylic oxidation sites excluding steroid dienone is 6. The number of hydrogen-bond acceptors (Lipinski definition) is 2. The number of aromatic amines is 1. The highest BCUT2D eigenvalue weighted by Crippen LogP contribution is 2.31. The second-order valence-electron chi connectivity index (χ2n) is 10.0. The number of hydrogen-bond donors (Lipinski definition) is 1. The molecule has 3 nitrogen and oxygen atoms in total. The van der Waals surface area contributed by atoms with Crippen LogP contribution in [0.2, 0.25) is 0 Å². The number of H-pyrrole nitrogens is 1.